The zero-order chi connectivity index (χ0) is 32.7. The number of hydrogen-bond donors (Lipinski definition) is 2. The Labute approximate surface area is 262 Å². The Kier molecular flexibility index (Phi) is 10.7. The lowest BCUT2D eigenvalue weighted by Gasteiger charge is -2.23. The quantitative estimate of drug-likeness (QED) is 0.166. The molecule has 1 amide bonds. The van der Waals surface area contributed by atoms with Crippen LogP contribution in [0.3, 0.4) is 0 Å². The minimum Gasteiger partial charge on any atom is -0.489 e. The second-order valence-corrected chi connectivity index (χ2v) is 11.8. The van der Waals surface area contributed by atoms with Crippen LogP contribution in [-0.4, -0.2) is 17.0 Å². The van der Waals surface area contributed by atoms with Crippen LogP contribution in [0.2, 0.25) is 0 Å². The van der Waals surface area contributed by atoms with Crippen LogP contribution in [-0.2, 0) is 24.0 Å². The van der Waals surface area contributed by atoms with Gasteiger partial charge in [0.2, 0.25) is 0 Å². The molecule has 4 aromatic rings. The molecule has 4 rings (SSSR count). The Hall–Kier alpha value is -4.59. The first-order chi connectivity index (χ1) is 21.3. The number of rotatable bonds is 12. The summed E-state index contributed by atoms with van der Waals surface area (Å²) in [7, 11) is 0. The summed E-state index contributed by atoms with van der Waals surface area (Å²) in [4.78, 5) is 25.2. The monoisotopic (exact) mass is 617 g/mol. The number of halogens is 3. The van der Waals surface area contributed by atoms with Gasteiger partial charge in [0.25, 0.3) is 5.91 Å². The van der Waals surface area contributed by atoms with Crippen molar-refractivity contribution in [3.05, 3.63) is 124 Å². The van der Waals surface area contributed by atoms with Gasteiger partial charge >= 0.3 is 12.1 Å². The van der Waals surface area contributed by atoms with Gasteiger partial charge in [0.05, 0.1) is 11.6 Å². The highest BCUT2D eigenvalue weighted by atomic mass is 19.4. The molecule has 5 nitrogen and oxygen atoms in total. The maximum atomic E-state index is 13.8. The zero-order valence-electron chi connectivity index (χ0n) is 25.9. The van der Waals surface area contributed by atoms with E-state index in [0.717, 1.165) is 46.4 Å². The van der Waals surface area contributed by atoms with Gasteiger partial charge in [-0.1, -0.05) is 85.6 Å². The number of ether oxygens (including phenoxy) is 1. The summed E-state index contributed by atoms with van der Waals surface area (Å²) in [6.07, 6.45) is -3.66. The fourth-order valence-corrected chi connectivity index (χ4v) is 5.44. The number of alkyl halides is 3. The fourth-order valence-electron chi connectivity index (χ4n) is 5.44. The fraction of sp³-hybridized carbons (Fsp3) is 0.297. The normalized spacial score (nSPS) is 12.2. The van der Waals surface area contributed by atoms with Crippen molar-refractivity contribution in [2.45, 2.75) is 65.8 Å². The summed E-state index contributed by atoms with van der Waals surface area (Å²) in [6, 6.07) is 23.3. The smallest absolute Gasteiger partial charge is 0.416 e. The lowest BCUT2D eigenvalue weighted by molar-refractivity contribution is -0.138. The van der Waals surface area contributed by atoms with Crippen LogP contribution in [0.5, 0.6) is 5.75 Å². The Bertz CT molecular complexity index is 1620. The molecule has 0 fully saturated rings. The van der Waals surface area contributed by atoms with Gasteiger partial charge in [-0.15, -0.1) is 0 Å². The number of carbonyl (C=O) groups is 2. The van der Waals surface area contributed by atoms with Crippen molar-refractivity contribution in [2.75, 3.05) is 0 Å². The van der Waals surface area contributed by atoms with Crippen LogP contribution in [0.1, 0.15) is 76.5 Å². The largest absolute Gasteiger partial charge is 0.489 e. The molecule has 45 heavy (non-hydrogen) atoms. The number of aliphatic carboxylic acids is 1. The molecule has 0 radical (unpaired) electrons. The minimum atomic E-state index is -4.42. The number of carboxylic acid groups (broad SMARTS) is 1. The van der Waals surface area contributed by atoms with E-state index < -0.39 is 17.7 Å². The number of aryl methyl sites for hydroxylation is 3. The van der Waals surface area contributed by atoms with Gasteiger partial charge in [0.15, 0.2) is 0 Å². The van der Waals surface area contributed by atoms with Crippen molar-refractivity contribution in [3.63, 3.8) is 0 Å². The third-order valence-electron chi connectivity index (χ3n) is 7.53. The van der Waals surface area contributed by atoms with Crippen LogP contribution in [0, 0.1) is 19.8 Å². The molecule has 0 aromatic heterocycles. The predicted octanol–water partition coefficient (Wildman–Crippen LogP) is 9.10. The van der Waals surface area contributed by atoms with Gasteiger partial charge < -0.3 is 15.2 Å². The first-order valence-electron chi connectivity index (χ1n) is 14.9. The number of carbonyl (C=O) groups excluding carboxylic acids is 1. The van der Waals surface area contributed by atoms with Crippen molar-refractivity contribution in [3.8, 4) is 16.9 Å². The molecule has 0 spiro atoms. The van der Waals surface area contributed by atoms with Crippen molar-refractivity contribution in [1.82, 2.24) is 5.32 Å². The molecule has 1 unspecified atom stereocenters. The second-order valence-electron chi connectivity index (χ2n) is 11.8. The molecule has 0 heterocycles. The average molecular weight is 618 g/mol. The number of benzene rings is 4. The van der Waals surface area contributed by atoms with E-state index in [4.69, 9.17) is 4.74 Å². The molecular weight excluding hydrogens is 579 g/mol. The Morgan fingerprint density at radius 3 is 2.16 bits per heavy atom. The summed E-state index contributed by atoms with van der Waals surface area (Å²) in [5, 5.41) is 12.5. The number of amides is 1. The third kappa shape index (κ3) is 9.20. The molecule has 0 saturated heterocycles. The van der Waals surface area contributed by atoms with Crippen molar-refractivity contribution in [2.24, 2.45) is 5.92 Å². The van der Waals surface area contributed by atoms with E-state index in [2.05, 4.69) is 37.4 Å². The van der Waals surface area contributed by atoms with E-state index in [1.54, 1.807) is 24.3 Å². The van der Waals surface area contributed by atoms with Gasteiger partial charge in [-0.2, -0.15) is 13.2 Å². The molecule has 1 atom stereocenters. The van der Waals surface area contributed by atoms with E-state index in [-0.39, 0.29) is 31.4 Å². The van der Waals surface area contributed by atoms with Crippen molar-refractivity contribution in [1.29, 1.82) is 0 Å². The minimum absolute atomic E-state index is 0.102. The number of hydrogen-bond acceptors (Lipinski definition) is 3. The third-order valence-corrected chi connectivity index (χ3v) is 7.53. The Morgan fingerprint density at radius 2 is 1.53 bits per heavy atom. The van der Waals surface area contributed by atoms with Crippen LogP contribution in [0.15, 0.2) is 84.9 Å². The molecule has 0 aliphatic rings. The summed E-state index contributed by atoms with van der Waals surface area (Å²) in [5.41, 5.74) is 5.52. The Morgan fingerprint density at radius 1 is 0.867 bits per heavy atom. The van der Waals surface area contributed by atoms with Crippen LogP contribution >= 0.6 is 0 Å². The molecule has 4 aromatic carbocycles. The lowest BCUT2D eigenvalue weighted by atomic mass is 9.93. The summed E-state index contributed by atoms with van der Waals surface area (Å²) >= 11 is 0. The molecule has 0 aliphatic heterocycles. The van der Waals surface area contributed by atoms with Gasteiger partial charge in [0, 0.05) is 12.0 Å². The highest BCUT2D eigenvalue weighted by Gasteiger charge is 2.30. The lowest BCUT2D eigenvalue weighted by Crippen LogP contribution is -2.30. The van der Waals surface area contributed by atoms with E-state index in [0.29, 0.717) is 28.4 Å². The van der Waals surface area contributed by atoms with Crippen LogP contribution in [0.25, 0.3) is 11.1 Å². The first kappa shape index (κ1) is 33.3. The molecular formula is C37H38F3NO4. The topological polar surface area (TPSA) is 75.6 Å². The molecule has 2 N–H and O–H groups in total. The number of nitrogens with one attached hydrogen (secondary N) is 1. The SMILES string of the molecule is Cc1cc(C)cc(C(CC(C)C)NC(=O)c2cc(OCc3ccccc3-c3ccc(C(F)(F)F)cc3)ccc2CCC(=O)O)c1. The van der Waals surface area contributed by atoms with Gasteiger partial charge in [-0.05, 0) is 84.7 Å². The second kappa shape index (κ2) is 14.5. The molecule has 0 aliphatic carbocycles. The van der Waals surface area contributed by atoms with Gasteiger partial charge in [-0.3, -0.25) is 9.59 Å². The van der Waals surface area contributed by atoms with Gasteiger partial charge in [0.1, 0.15) is 12.4 Å². The molecule has 0 bridgehead atoms. The highest BCUT2D eigenvalue weighted by Crippen LogP contribution is 2.32. The highest BCUT2D eigenvalue weighted by molar-refractivity contribution is 5.96. The maximum absolute atomic E-state index is 13.8. The van der Waals surface area contributed by atoms with Crippen LogP contribution in [0.4, 0.5) is 13.2 Å². The molecule has 236 valence electrons. The van der Waals surface area contributed by atoms with Crippen molar-refractivity contribution < 1.29 is 32.6 Å². The van der Waals surface area contributed by atoms with E-state index >= 15 is 0 Å². The van der Waals surface area contributed by atoms with E-state index in [1.165, 1.54) is 12.1 Å². The maximum Gasteiger partial charge on any atom is 0.416 e. The summed E-state index contributed by atoms with van der Waals surface area (Å²) in [5.74, 6) is -0.569. The van der Waals surface area contributed by atoms with E-state index in [1.807, 2.05) is 32.0 Å². The molecule has 0 saturated carbocycles. The van der Waals surface area contributed by atoms with Crippen molar-refractivity contribution >= 4 is 11.9 Å². The average Bonchev–Trinajstić information content (AvgIpc) is 2.98. The molecule has 8 heteroatoms. The summed E-state index contributed by atoms with van der Waals surface area (Å²) in [6.45, 7) is 8.33. The Balaban J connectivity index is 1.60. The number of carboxylic acids is 1. The first-order valence-corrected chi connectivity index (χ1v) is 14.9. The standard InChI is InChI=1S/C37H38F3NO4/c1-23(2)17-34(29-19-24(3)18-25(4)20-29)41-36(44)33-21-31(15-11-27(33)12-16-35(42)43)45-22-28-7-5-6-8-32(28)26-9-13-30(14-10-26)37(38,39)40/h5-11,13-15,18-21,23,34H,12,16-17,22H2,1-4H3,(H,41,44)(H,42,43). The van der Waals surface area contributed by atoms with Crippen LogP contribution < -0.4 is 10.1 Å². The predicted molar refractivity (Wildman–Crippen MR) is 169 cm³/mol. The summed E-state index contributed by atoms with van der Waals surface area (Å²) < 4.78 is 45.4. The zero-order valence-corrected chi connectivity index (χ0v) is 25.9. The van der Waals surface area contributed by atoms with Gasteiger partial charge in [-0.25, -0.2) is 0 Å². The van der Waals surface area contributed by atoms with E-state index in [9.17, 15) is 27.9 Å².